The van der Waals surface area contributed by atoms with Crippen molar-refractivity contribution in [2.75, 3.05) is 7.11 Å². The molecule has 1 aromatic carbocycles. The van der Waals surface area contributed by atoms with Gasteiger partial charge in [0, 0.05) is 0 Å². The average Bonchev–Trinajstić information content (AvgIpc) is 2.53. The maximum Gasteiger partial charge on any atom is 0.337 e. The summed E-state index contributed by atoms with van der Waals surface area (Å²) in [5, 5.41) is 19.0. The zero-order valence-electron chi connectivity index (χ0n) is 12.9. The smallest absolute Gasteiger partial charge is 0.337 e. The van der Waals surface area contributed by atoms with Gasteiger partial charge in [-0.1, -0.05) is 18.7 Å². The lowest BCUT2D eigenvalue weighted by Crippen LogP contribution is -2.31. The van der Waals surface area contributed by atoms with E-state index in [0.29, 0.717) is 5.56 Å². The highest BCUT2D eigenvalue weighted by Crippen LogP contribution is 2.14. The van der Waals surface area contributed by atoms with E-state index in [2.05, 4.69) is 16.6 Å². The summed E-state index contributed by atoms with van der Waals surface area (Å²) in [6, 6.07) is 6.19. The molecule has 0 spiro atoms. The van der Waals surface area contributed by atoms with Gasteiger partial charge in [0.1, 0.15) is 5.76 Å². The minimum absolute atomic E-state index is 0.219. The van der Waals surface area contributed by atoms with Crippen molar-refractivity contribution in [3.8, 4) is 0 Å². The second kappa shape index (κ2) is 7.79. The number of nitrogens with one attached hydrogen (secondary N) is 2. The fourth-order valence-corrected chi connectivity index (χ4v) is 1.69. The van der Waals surface area contributed by atoms with Crippen molar-refractivity contribution in [3.05, 3.63) is 59.5 Å². The van der Waals surface area contributed by atoms with Gasteiger partial charge in [0.25, 0.3) is 5.91 Å². The Kier molecular flexibility index (Phi) is 6.08. The Hall–Kier alpha value is -3.09. The molecule has 0 bridgehead atoms. The first-order valence-electron chi connectivity index (χ1n) is 6.69. The molecule has 1 aromatic rings. The number of rotatable bonds is 6. The van der Waals surface area contributed by atoms with E-state index in [-0.39, 0.29) is 17.5 Å². The van der Waals surface area contributed by atoms with Gasteiger partial charge in [-0.3, -0.25) is 10.2 Å². The minimum Gasteiger partial charge on any atom is -0.506 e. The molecule has 23 heavy (non-hydrogen) atoms. The molecule has 1 amide bonds. The van der Waals surface area contributed by atoms with E-state index in [1.807, 2.05) is 0 Å². The summed E-state index contributed by atoms with van der Waals surface area (Å²) in [4.78, 5) is 23.3. The highest BCUT2D eigenvalue weighted by Gasteiger charge is 2.13. The van der Waals surface area contributed by atoms with Gasteiger partial charge in [-0.25, -0.2) is 4.79 Å². The molecule has 0 saturated heterocycles. The molecule has 7 heteroatoms. The number of aliphatic hydroxyl groups excluding tert-OH is 1. The molecular weight excluding hydrogens is 298 g/mol. The summed E-state index contributed by atoms with van der Waals surface area (Å²) in [6.45, 7) is 4.91. The lowest BCUT2D eigenvalue weighted by Gasteiger charge is -2.15. The normalized spacial score (nSPS) is 12.2. The van der Waals surface area contributed by atoms with Crippen LogP contribution in [0, 0.1) is 5.41 Å². The average molecular weight is 317 g/mol. The van der Waals surface area contributed by atoms with E-state index in [1.165, 1.54) is 7.11 Å². The van der Waals surface area contributed by atoms with Gasteiger partial charge in [0.2, 0.25) is 0 Å². The predicted octanol–water partition coefficient (Wildman–Crippen LogP) is 1.58. The molecule has 0 aliphatic rings. The van der Waals surface area contributed by atoms with Gasteiger partial charge in [-0.05, 0) is 30.7 Å². The number of amides is 1. The number of allylic oxidation sites excluding steroid dienone is 1. The van der Waals surface area contributed by atoms with E-state index in [9.17, 15) is 9.59 Å². The highest BCUT2D eigenvalue weighted by atomic mass is 16.5. The molecule has 0 aromatic heterocycles. The van der Waals surface area contributed by atoms with E-state index in [0.717, 1.165) is 11.6 Å². The number of esters is 1. The van der Waals surface area contributed by atoms with Crippen LogP contribution in [0.1, 0.15) is 28.9 Å². The van der Waals surface area contributed by atoms with E-state index in [4.69, 9.17) is 16.2 Å². The van der Waals surface area contributed by atoms with Crippen molar-refractivity contribution in [2.45, 2.75) is 13.0 Å². The van der Waals surface area contributed by atoms with Crippen molar-refractivity contribution in [3.63, 3.8) is 0 Å². The Labute approximate surface area is 134 Å². The fourth-order valence-electron chi connectivity index (χ4n) is 1.69. The molecular formula is C16H19N3O4. The molecule has 5 N–H and O–H groups in total. The monoisotopic (exact) mass is 317 g/mol. The topological polar surface area (TPSA) is 125 Å². The Bertz CT molecular complexity index is 662. The molecule has 1 atom stereocenters. The Morgan fingerprint density at radius 3 is 2.43 bits per heavy atom. The molecule has 1 rings (SSSR count). The van der Waals surface area contributed by atoms with E-state index >= 15 is 0 Å². The lowest BCUT2D eigenvalue weighted by molar-refractivity contribution is -0.118. The lowest BCUT2D eigenvalue weighted by atomic mass is 10.1. The summed E-state index contributed by atoms with van der Waals surface area (Å²) < 4.78 is 4.61. The van der Waals surface area contributed by atoms with Crippen LogP contribution in [0.15, 0.2) is 48.4 Å². The van der Waals surface area contributed by atoms with Crippen LogP contribution in [0.25, 0.3) is 0 Å². The molecule has 7 nitrogen and oxygen atoms in total. The summed E-state index contributed by atoms with van der Waals surface area (Å²) in [7, 11) is 1.30. The SMILES string of the molecule is C=C(O)C(=N)C=C(N)C(=O)N[C@H](C)c1ccc(C(=O)OC)cc1. The summed E-state index contributed by atoms with van der Waals surface area (Å²) in [5.74, 6) is -1.50. The maximum atomic E-state index is 11.9. The molecule has 0 unspecified atom stereocenters. The summed E-state index contributed by atoms with van der Waals surface area (Å²) in [5.41, 5.74) is 6.17. The number of carbonyl (C=O) groups is 2. The van der Waals surface area contributed by atoms with Crippen LogP contribution in [0.3, 0.4) is 0 Å². The third kappa shape index (κ3) is 4.99. The number of carbonyl (C=O) groups excluding carboxylic acids is 2. The van der Waals surface area contributed by atoms with Gasteiger partial charge in [0.05, 0.1) is 30.1 Å². The second-order valence-corrected chi connectivity index (χ2v) is 4.77. The predicted molar refractivity (Wildman–Crippen MR) is 86.1 cm³/mol. The maximum absolute atomic E-state index is 11.9. The van der Waals surface area contributed by atoms with Crippen LogP contribution in [0.4, 0.5) is 0 Å². The van der Waals surface area contributed by atoms with Crippen LogP contribution in [-0.2, 0) is 9.53 Å². The second-order valence-electron chi connectivity index (χ2n) is 4.77. The van der Waals surface area contributed by atoms with E-state index < -0.39 is 17.6 Å². The summed E-state index contributed by atoms with van der Waals surface area (Å²) >= 11 is 0. The number of nitrogens with two attached hydrogens (primary N) is 1. The van der Waals surface area contributed by atoms with Gasteiger partial charge in [-0.15, -0.1) is 0 Å². The van der Waals surface area contributed by atoms with Crippen LogP contribution in [0.5, 0.6) is 0 Å². The molecule has 0 radical (unpaired) electrons. The zero-order valence-corrected chi connectivity index (χ0v) is 12.9. The number of benzene rings is 1. The van der Waals surface area contributed by atoms with Crippen LogP contribution >= 0.6 is 0 Å². The molecule has 0 fully saturated rings. The molecule has 122 valence electrons. The van der Waals surface area contributed by atoms with E-state index in [1.54, 1.807) is 31.2 Å². The van der Waals surface area contributed by atoms with Gasteiger partial charge in [0.15, 0.2) is 0 Å². The third-order valence-electron chi connectivity index (χ3n) is 3.05. The molecule has 0 heterocycles. The number of aliphatic hydroxyl groups is 1. The zero-order chi connectivity index (χ0) is 17.6. The number of methoxy groups -OCH3 is 1. The first-order valence-corrected chi connectivity index (χ1v) is 6.69. The Morgan fingerprint density at radius 1 is 1.39 bits per heavy atom. The van der Waals surface area contributed by atoms with Gasteiger partial charge in [-0.2, -0.15) is 0 Å². The highest BCUT2D eigenvalue weighted by molar-refractivity contribution is 6.08. The van der Waals surface area contributed by atoms with Crippen molar-refractivity contribution < 1.29 is 19.4 Å². The van der Waals surface area contributed by atoms with Gasteiger partial charge >= 0.3 is 5.97 Å². The van der Waals surface area contributed by atoms with Crippen molar-refractivity contribution >= 4 is 17.6 Å². The fraction of sp³-hybridized carbons (Fsp3) is 0.188. The van der Waals surface area contributed by atoms with Crippen LogP contribution in [0.2, 0.25) is 0 Å². The first kappa shape index (κ1) is 18.0. The first-order chi connectivity index (χ1) is 10.8. The Morgan fingerprint density at radius 2 is 1.96 bits per heavy atom. The summed E-state index contributed by atoms with van der Waals surface area (Å²) in [6.07, 6.45) is 1.02. The number of hydrogen-bond donors (Lipinski definition) is 4. The number of hydrogen-bond acceptors (Lipinski definition) is 6. The Balaban J connectivity index is 2.77. The van der Waals surface area contributed by atoms with Crippen LogP contribution < -0.4 is 11.1 Å². The molecule has 0 saturated carbocycles. The van der Waals surface area contributed by atoms with Gasteiger partial charge < -0.3 is 20.9 Å². The molecule has 0 aliphatic heterocycles. The third-order valence-corrected chi connectivity index (χ3v) is 3.05. The minimum atomic E-state index is -0.583. The molecule has 0 aliphatic carbocycles. The standard InChI is InChI=1S/C16H19N3O4/c1-9(11-4-6-12(7-5-11)16(22)23-3)19-15(21)14(18)8-13(17)10(2)20/h4-9,17,20H,2,18H2,1,3H3,(H,19,21)/t9-/m1/s1. The van der Waals surface area contributed by atoms with Crippen LogP contribution in [-0.4, -0.2) is 29.8 Å². The van der Waals surface area contributed by atoms with Crippen molar-refractivity contribution in [1.82, 2.24) is 5.32 Å². The van der Waals surface area contributed by atoms with Crippen molar-refractivity contribution in [1.29, 1.82) is 5.41 Å². The quantitative estimate of drug-likeness (QED) is 0.274. The van der Waals surface area contributed by atoms with Crippen molar-refractivity contribution in [2.24, 2.45) is 5.73 Å². The largest absolute Gasteiger partial charge is 0.506 e. The number of ether oxygens (including phenoxy) is 1.